The van der Waals surface area contributed by atoms with Gasteiger partial charge in [0.05, 0.1) is 6.61 Å². The predicted octanol–water partition coefficient (Wildman–Crippen LogP) is 2.46. The summed E-state index contributed by atoms with van der Waals surface area (Å²) in [5, 5.41) is 3.70. The van der Waals surface area contributed by atoms with Crippen molar-refractivity contribution >= 4 is 5.88 Å². The van der Waals surface area contributed by atoms with Gasteiger partial charge in [-0.3, -0.25) is 0 Å². The van der Waals surface area contributed by atoms with Gasteiger partial charge in [-0.25, -0.2) is 4.39 Å². The molecule has 2 aromatic rings. The molecule has 0 saturated carbocycles. The highest BCUT2D eigenvalue weighted by Crippen LogP contribution is 2.25. The van der Waals surface area contributed by atoms with E-state index in [1.54, 1.807) is 19.1 Å². The highest BCUT2D eigenvalue weighted by molar-refractivity contribution is 5.62. The third kappa shape index (κ3) is 1.98. The van der Waals surface area contributed by atoms with Gasteiger partial charge in [-0.1, -0.05) is 5.16 Å². The van der Waals surface area contributed by atoms with Crippen molar-refractivity contribution in [2.75, 3.05) is 12.3 Å². The second-order valence-corrected chi connectivity index (χ2v) is 3.19. The highest BCUT2D eigenvalue weighted by atomic mass is 19.1. The van der Waals surface area contributed by atoms with E-state index in [9.17, 15) is 4.39 Å². The van der Waals surface area contributed by atoms with E-state index in [1.165, 1.54) is 12.1 Å². The molecule has 84 valence electrons. The fourth-order valence-electron chi connectivity index (χ4n) is 1.36. The van der Waals surface area contributed by atoms with E-state index >= 15 is 0 Å². The first kappa shape index (κ1) is 10.5. The second kappa shape index (κ2) is 4.22. The van der Waals surface area contributed by atoms with E-state index in [1.807, 2.05) is 0 Å². The van der Waals surface area contributed by atoms with Crippen molar-refractivity contribution in [1.82, 2.24) is 5.16 Å². The average molecular weight is 222 g/mol. The zero-order valence-corrected chi connectivity index (χ0v) is 8.74. The number of hydrogen-bond donors (Lipinski definition) is 1. The summed E-state index contributed by atoms with van der Waals surface area (Å²) in [4.78, 5) is 0. The normalized spacial score (nSPS) is 10.4. The molecule has 1 aromatic heterocycles. The Kier molecular flexibility index (Phi) is 2.76. The number of nitrogens with two attached hydrogens (primary N) is 1. The number of halogens is 1. The molecule has 16 heavy (non-hydrogen) atoms. The Balaban J connectivity index is 2.34. The monoisotopic (exact) mass is 222 g/mol. The summed E-state index contributed by atoms with van der Waals surface area (Å²) < 4.78 is 23.3. The molecule has 0 saturated heterocycles. The van der Waals surface area contributed by atoms with E-state index in [4.69, 9.17) is 15.0 Å². The molecular formula is C11H11FN2O2. The van der Waals surface area contributed by atoms with Crippen molar-refractivity contribution in [1.29, 1.82) is 0 Å². The topological polar surface area (TPSA) is 61.3 Å². The standard InChI is InChI=1S/C11H11FN2O2/c1-2-15-10-4-3-7(5-8(10)12)9-6-11(13)16-14-9/h3-6H,2,13H2,1H3. The van der Waals surface area contributed by atoms with Gasteiger partial charge < -0.3 is 15.0 Å². The molecule has 0 aliphatic rings. The van der Waals surface area contributed by atoms with Gasteiger partial charge in [0.25, 0.3) is 0 Å². The maximum Gasteiger partial charge on any atom is 0.222 e. The van der Waals surface area contributed by atoms with E-state index in [-0.39, 0.29) is 11.6 Å². The lowest BCUT2D eigenvalue weighted by Crippen LogP contribution is -1.94. The first-order chi connectivity index (χ1) is 7.70. The average Bonchev–Trinajstić information content (AvgIpc) is 2.68. The first-order valence-electron chi connectivity index (χ1n) is 4.85. The number of benzene rings is 1. The van der Waals surface area contributed by atoms with E-state index in [0.717, 1.165) is 0 Å². The third-order valence-electron chi connectivity index (χ3n) is 2.06. The Labute approximate surface area is 91.8 Å². The van der Waals surface area contributed by atoms with Crippen LogP contribution in [0.4, 0.5) is 10.3 Å². The Bertz CT molecular complexity index is 496. The van der Waals surface area contributed by atoms with Crippen LogP contribution in [-0.4, -0.2) is 11.8 Å². The molecule has 5 heteroatoms. The van der Waals surface area contributed by atoms with Gasteiger partial charge >= 0.3 is 0 Å². The molecule has 0 spiro atoms. The minimum Gasteiger partial charge on any atom is -0.491 e. The molecule has 0 atom stereocenters. The largest absolute Gasteiger partial charge is 0.491 e. The molecule has 0 aliphatic heterocycles. The summed E-state index contributed by atoms with van der Waals surface area (Å²) in [7, 11) is 0. The lowest BCUT2D eigenvalue weighted by Gasteiger charge is -2.04. The smallest absolute Gasteiger partial charge is 0.222 e. The third-order valence-corrected chi connectivity index (χ3v) is 2.06. The quantitative estimate of drug-likeness (QED) is 0.866. The van der Waals surface area contributed by atoms with Crippen LogP contribution in [0.5, 0.6) is 5.75 Å². The summed E-state index contributed by atoms with van der Waals surface area (Å²) in [6, 6.07) is 6.13. The van der Waals surface area contributed by atoms with Crippen LogP contribution in [0, 0.1) is 5.82 Å². The van der Waals surface area contributed by atoms with E-state index < -0.39 is 5.82 Å². The summed E-state index contributed by atoms with van der Waals surface area (Å²) in [6.07, 6.45) is 0. The lowest BCUT2D eigenvalue weighted by atomic mass is 10.1. The fourth-order valence-corrected chi connectivity index (χ4v) is 1.36. The van der Waals surface area contributed by atoms with Crippen LogP contribution >= 0.6 is 0 Å². The number of ether oxygens (including phenoxy) is 1. The summed E-state index contributed by atoms with van der Waals surface area (Å²) in [5.74, 6) is -0.00655. The Morgan fingerprint density at radius 1 is 1.44 bits per heavy atom. The van der Waals surface area contributed by atoms with Crippen LogP contribution in [0.25, 0.3) is 11.3 Å². The number of nitrogen functional groups attached to an aromatic ring is 1. The zero-order valence-electron chi connectivity index (χ0n) is 8.74. The molecule has 0 fully saturated rings. The molecule has 0 aliphatic carbocycles. The second-order valence-electron chi connectivity index (χ2n) is 3.19. The maximum absolute atomic E-state index is 13.5. The number of hydrogen-bond acceptors (Lipinski definition) is 4. The van der Waals surface area contributed by atoms with E-state index in [2.05, 4.69) is 5.16 Å². The predicted molar refractivity (Wildman–Crippen MR) is 57.5 cm³/mol. The summed E-state index contributed by atoms with van der Waals surface area (Å²) in [5.41, 5.74) is 6.48. The first-order valence-corrected chi connectivity index (χ1v) is 4.85. The van der Waals surface area contributed by atoms with Gasteiger partial charge in [0.2, 0.25) is 5.88 Å². The molecule has 1 aromatic carbocycles. The lowest BCUT2D eigenvalue weighted by molar-refractivity contribution is 0.321. The van der Waals surface area contributed by atoms with E-state index in [0.29, 0.717) is 17.9 Å². The van der Waals surface area contributed by atoms with Crippen LogP contribution in [0.1, 0.15) is 6.92 Å². The molecular weight excluding hydrogens is 211 g/mol. The minimum atomic E-state index is -0.430. The van der Waals surface area contributed by atoms with Gasteiger partial charge in [0, 0.05) is 11.6 Å². The Hall–Kier alpha value is -2.04. The van der Waals surface area contributed by atoms with Crippen molar-refractivity contribution in [3.8, 4) is 17.0 Å². The van der Waals surface area contributed by atoms with Gasteiger partial charge in [-0.15, -0.1) is 0 Å². The minimum absolute atomic E-state index is 0.198. The Morgan fingerprint density at radius 2 is 2.25 bits per heavy atom. The van der Waals surface area contributed by atoms with Crippen molar-refractivity contribution in [3.05, 3.63) is 30.1 Å². The number of nitrogens with zero attached hydrogens (tertiary/aromatic N) is 1. The number of aromatic nitrogens is 1. The number of rotatable bonds is 3. The van der Waals surface area contributed by atoms with Crippen LogP contribution in [0.2, 0.25) is 0 Å². The molecule has 0 amide bonds. The van der Waals surface area contributed by atoms with Gasteiger partial charge in [0.15, 0.2) is 11.6 Å². The van der Waals surface area contributed by atoms with Crippen LogP contribution in [0.3, 0.4) is 0 Å². The van der Waals surface area contributed by atoms with Crippen molar-refractivity contribution in [2.45, 2.75) is 6.92 Å². The van der Waals surface area contributed by atoms with Crippen LogP contribution < -0.4 is 10.5 Å². The summed E-state index contributed by atoms with van der Waals surface area (Å²) >= 11 is 0. The molecule has 2 rings (SSSR count). The van der Waals surface area contributed by atoms with Gasteiger partial charge in [-0.05, 0) is 25.1 Å². The van der Waals surface area contributed by atoms with Crippen molar-refractivity contribution < 1.29 is 13.7 Å². The Morgan fingerprint density at radius 3 is 2.81 bits per heavy atom. The fraction of sp³-hybridized carbons (Fsp3) is 0.182. The summed E-state index contributed by atoms with van der Waals surface area (Å²) in [6.45, 7) is 2.22. The SMILES string of the molecule is CCOc1ccc(-c2cc(N)on2)cc1F. The van der Waals surface area contributed by atoms with Crippen molar-refractivity contribution in [3.63, 3.8) is 0 Å². The van der Waals surface area contributed by atoms with Gasteiger partial charge in [0.1, 0.15) is 5.69 Å². The van der Waals surface area contributed by atoms with Gasteiger partial charge in [-0.2, -0.15) is 0 Å². The molecule has 0 bridgehead atoms. The molecule has 0 radical (unpaired) electrons. The molecule has 1 heterocycles. The molecule has 2 N–H and O–H groups in total. The molecule has 0 unspecified atom stereocenters. The maximum atomic E-state index is 13.5. The van der Waals surface area contributed by atoms with Crippen LogP contribution in [-0.2, 0) is 0 Å². The molecule has 4 nitrogen and oxygen atoms in total. The van der Waals surface area contributed by atoms with Crippen LogP contribution in [0.15, 0.2) is 28.8 Å². The highest BCUT2D eigenvalue weighted by Gasteiger charge is 2.08. The zero-order chi connectivity index (χ0) is 11.5. The van der Waals surface area contributed by atoms with Crippen molar-refractivity contribution in [2.24, 2.45) is 0 Å². The number of anilines is 1.